The second-order valence-electron chi connectivity index (χ2n) is 3.61. The highest BCUT2D eigenvalue weighted by atomic mass is 35.5. The van der Waals surface area contributed by atoms with Gasteiger partial charge in [-0.1, -0.05) is 17.7 Å². The highest BCUT2D eigenvalue weighted by Gasteiger charge is 2.13. The number of aromatic amines is 1. The third-order valence-corrected chi connectivity index (χ3v) is 2.79. The van der Waals surface area contributed by atoms with Crippen LogP contribution in [-0.4, -0.2) is 23.0 Å². The number of ether oxygens (including phenoxy) is 1. The van der Waals surface area contributed by atoms with Gasteiger partial charge in [-0.25, -0.2) is 14.2 Å². The van der Waals surface area contributed by atoms with Gasteiger partial charge in [0, 0.05) is 17.0 Å². The number of carbonyl (C=O) groups excluding carboxylic acids is 1. The summed E-state index contributed by atoms with van der Waals surface area (Å²) in [5, 5.41) is 0.325. The maximum Gasteiger partial charge on any atom is 0.356 e. The van der Waals surface area contributed by atoms with E-state index in [1.807, 2.05) is 0 Å². The van der Waals surface area contributed by atoms with Gasteiger partial charge in [-0.15, -0.1) is 0 Å². The number of esters is 1. The van der Waals surface area contributed by atoms with Crippen LogP contribution in [0.1, 0.15) is 21.9 Å². The number of rotatable bonds is 3. The maximum absolute atomic E-state index is 13.5. The van der Waals surface area contributed by atoms with Gasteiger partial charge in [0.05, 0.1) is 13.3 Å². The molecule has 0 unspecified atom stereocenters. The summed E-state index contributed by atoms with van der Waals surface area (Å²) in [6.45, 7) is 0. The Kier molecular flexibility index (Phi) is 3.62. The third-order valence-electron chi connectivity index (χ3n) is 2.44. The minimum atomic E-state index is -0.520. The van der Waals surface area contributed by atoms with Crippen molar-refractivity contribution < 1.29 is 13.9 Å². The Hall–Kier alpha value is -1.88. The van der Waals surface area contributed by atoms with Gasteiger partial charge in [-0.3, -0.25) is 0 Å². The largest absolute Gasteiger partial charge is 0.464 e. The fourth-order valence-corrected chi connectivity index (χ4v) is 1.76. The quantitative estimate of drug-likeness (QED) is 0.871. The highest BCUT2D eigenvalue weighted by molar-refractivity contribution is 6.31. The van der Waals surface area contributed by atoms with Crippen LogP contribution in [0.15, 0.2) is 24.4 Å². The van der Waals surface area contributed by atoms with Crippen molar-refractivity contribution in [1.82, 2.24) is 9.97 Å². The lowest BCUT2D eigenvalue weighted by molar-refractivity contribution is 0.0594. The Morgan fingerprint density at radius 1 is 1.56 bits per heavy atom. The van der Waals surface area contributed by atoms with Crippen molar-refractivity contribution in [2.75, 3.05) is 7.11 Å². The van der Waals surface area contributed by atoms with Gasteiger partial charge in [0.2, 0.25) is 0 Å². The number of H-pyrrole nitrogens is 1. The summed E-state index contributed by atoms with van der Waals surface area (Å²) in [5.74, 6) is -0.478. The maximum atomic E-state index is 13.5. The van der Waals surface area contributed by atoms with Crippen LogP contribution in [0.25, 0.3) is 0 Å². The summed E-state index contributed by atoms with van der Waals surface area (Å²) in [6.07, 6.45) is 1.53. The molecule has 0 aliphatic carbocycles. The second kappa shape index (κ2) is 5.18. The number of hydrogen-bond donors (Lipinski definition) is 1. The molecule has 1 N–H and O–H groups in total. The molecule has 0 spiro atoms. The first-order chi connectivity index (χ1) is 8.61. The molecule has 4 nitrogen and oxygen atoms in total. The summed E-state index contributed by atoms with van der Waals surface area (Å²) in [7, 11) is 1.27. The first-order valence-electron chi connectivity index (χ1n) is 5.17. The number of aromatic nitrogens is 2. The Labute approximate surface area is 108 Å². The highest BCUT2D eigenvalue weighted by Crippen LogP contribution is 2.21. The number of methoxy groups -OCH3 is 1. The number of nitrogens with one attached hydrogen (secondary N) is 1. The molecule has 0 bridgehead atoms. The average molecular weight is 269 g/mol. The van der Waals surface area contributed by atoms with E-state index in [0.29, 0.717) is 16.4 Å². The molecule has 2 aromatic rings. The van der Waals surface area contributed by atoms with Gasteiger partial charge in [0.1, 0.15) is 17.3 Å². The van der Waals surface area contributed by atoms with E-state index in [-0.39, 0.29) is 12.1 Å². The first kappa shape index (κ1) is 12.6. The number of nitrogens with zero attached hydrogens (tertiary/aromatic N) is 1. The summed E-state index contributed by atoms with van der Waals surface area (Å²) in [6, 6.07) is 4.46. The Morgan fingerprint density at radius 2 is 2.33 bits per heavy atom. The van der Waals surface area contributed by atoms with Crippen LogP contribution in [0.2, 0.25) is 5.02 Å². The normalized spacial score (nSPS) is 10.4. The molecule has 94 valence electrons. The van der Waals surface area contributed by atoms with E-state index in [1.54, 1.807) is 6.07 Å². The molecule has 1 aromatic heterocycles. The van der Waals surface area contributed by atoms with Crippen molar-refractivity contribution in [3.8, 4) is 0 Å². The lowest BCUT2D eigenvalue weighted by Gasteiger charge is -2.03. The first-order valence-corrected chi connectivity index (χ1v) is 5.54. The number of imidazole rings is 1. The van der Waals surface area contributed by atoms with Crippen LogP contribution < -0.4 is 0 Å². The van der Waals surface area contributed by atoms with Crippen molar-refractivity contribution in [2.45, 2.75) is 6.42 Å². The zero-order valence-electron chi connectivity index (χ0n) is 9.54. The second-order valence-corrected chi connectivity index (χ2v) is 4.02. The van der Waals surface area contributed by atoms with E-state index in [2.05, 4.69) is 14.7 Å². The molecule has 0 atom stereocenters. The molecule has 2 rings (SSSR count). The topological polar surface area (TPSA) is 55.0 Å². The molecule has 18 heavy (non-hydrogen) atoms. The van der Waals surface area contributed by atoms with E-state index in [4.69, 9.17) is 11.6 Å². The number of benzene rings is 1. The van der Waals surface area contributed by atoms with E-state index < -0.39 is 11.8 Å². The van der Waals surface area contributed by atoms with Gasteiger partial charge >= 0.3 is 5.97 Å². The van der Waals surface area contributed by atoms with E-state index in [0.717, 1.165) is 0 Å². The molecule has 0 radical (unpaired) electrons. The Morgan fingerprint density at radius 3 is 3.00 bits per heavy atom. The smallest absolute Gasteiger partial charge is 0.356 e. The summed E-state index contributed by atoms with van der Waals surface area (Å²) < 4.78 is 18.1. The predicted molar refractivity (Wildman–Crippen MR) is 64.1 cm³/mol. The van der Waals surface area contributed by atoms with Crippen molar-refractivity contribution in [1.29, 1.82) is 0 Å². The van der Waals surface area contributed by atoms with Crippen molar-refractivity contribution in [3.63, 3.8) is 0 Å². The van der Waals surface area contributed by atoms with Crippen molar-refractivity contribution >= 4 is 17.6 Å². The average Bonchev–Trinajstić information content (AvgIpc) is 2.81. The molecular weight excluding hydrogens is 259 g/mol. The Balaban J connectivity index is 2.24. The molecule has 0 aliphatic rings. The standard InChI is InChI=1S/C12H10ClFN2O2/c1-18-12(17)10-6-15-11(16-10)5-7-8(13)3-2-4-9(7)14/h2-4,6H,5H2,1H3,(H,15,16). The molecule has 0 amide bonds. The third kappa shape index (κ3) is 2.51. The molecule has 1 heterocycles. The minimum Gasteiger partial charge on any atom is -0.464 e. The van der Waals surface area contributed by atoms with E-state index >= 15 is 0 Å². The summed E-state index contributed by atoms with van der Waals surface area (Å²) in [4.78, 5) is 18.0. The molecule has 0 fully saturated rings. The van der Waals surface area contributed by atoms with Gasteiger partial charge in [-0.05, 0) is 12.1 Å². The van der Waals surface area contributed by atoms with Crippen molar-refractivity contribution in [3.05, 3.63) is 52.3 Å². The fraction of sp³-hybridized carbons (Fsp3) is 0.167. The van der Waals surface area contributed by atoms with E-state index in [1.165, 1.54) is 25.4 Å². The van der Waals surface area contributed by atoms with Crippen LogP contribution in [0.5, 0.6) is 0 Å². The van der Waals surface area contributed by atoms with Crippen LogP contribution >= 0.6 is 11.6 Å². The molecule has 0 aliphatic heterocycles. The van der Waals surface area contributed by atoms with Gasteiger partial charge in [0.25, 0.3) is 0 Å². The summed E-state index contributed by atoms with van der Waals surface area (Å²) >= 11 is 5.90. The summed E-state index contributed by atoms with van der Waals surface area (Å²) in [5.41, 5.74) is 0.560. The van der Waals surface area contributed by atoms with Gasteiger partial charge < -0.3 is 9.72 Å². The molecule has 1 aromatic carbocycles. The molecule has 0 saturated carbocycles. The number of halogens is 2. The lowest BCUT2D eigenvalue weighted by Crippen LogP contribution is -2.02. The van der Waals surface area contributed by atoms with E-state index in [9.17, 15) is 9.18 Å². The lowest BCUT2D eigenvalue weighted by atomic mass is 10.1. The van der Waals surface area contributed by atoms with Crippen LogP contribution in [0.3, 0.4) is 0 Å². The van der Waals surface area contributed by atoms with Gasteiger partial charge in [0.15, 0.2) is 0 Å². The molecular formula is C12H10ClFN2O2. The van der Waals surface area contributed by atoms with Crippen molar-refractivity contribution in [2.24, 2.45) is 0 Å². The SMILES string of the molecule is COC(=O)c1cnc(Cc2c(F)cccc2Cl)[nH]1. The van der Waals surface area contributed by atoms with Crippen LogP contribution in [0, 0.1) is 5.82 Å². The predicted octanol–water partition coefficient (Wildman–Crippen LogP) is 2.58. The number of carbonyl (C=O) groups is 1. The zero-order chi connectivity index (χ0) is 13.1. The molecule has 6 heteroatoms. The Bertz CT molecular complexity index is 563. The zero-order valence-corrected chi connectivity index (χ0v) is 10.3. The molecule has 0 saturated heterocycles. The van der Waals surface area contributed by atoms with Crippen LogP contribution in [-0.2, 0) is 11.2 Å². The monoisotopic (exact) mass is 268 g/mol. The fourth-order valence-electron chi connectivity index (χ4n) is 1.53. The van der Waals surface area contributed by atoms with Gasteiger partial charge in [-0.2, -0.15) is 0 Å². The number of hydrogen-bond acceptors (Lipinski definition) is 3. The van der Waals surface area contributed by atoms with Crippen LogP contribution in [0.4, 0.5) is 4.39 Å². The minimum absolute atomic E-state index is 0.183.